The second kappa shape index (κ2) is 13.7. The molecule has 0 aromatic carbocycles. The van der Waals surface area contributed by atoms with Crippen LogP contribution in [0.25, 0.3) is 0 Å². The maximum absolute atomic E-state index is 12.0. The number of thiophene rings is 1. The number of halogens is 1. The number of aryl methyl sites for hydroxylation is 1. The summed E-state index contributed by atoms with van der Waals surface area (Å²) < 4.78 is 5.21. The van der Waals surface area contributed by atoms with Crippen molar-refractivity contribution in [1.29, 1.82) is 0 Å². The van der Waals surface area contributed by atoms with Crippen molar-refractivity contribution < 1.29 is 9.21 Å². The molecular weight excluding hydrogens is 525 g/mol. The Morgan fingerprint density at radius 3 is 2.74 bits per heavy atom. The van der Waals surface area contributed by atoms with Gasteiger partial charge in [0.05, 0.1) is 6.26 Å². The van der Waals surface area contributed by atoms with Gasteiger partial charge in [-0.05, 0) is 61.6 Å². The van der Waals surface area contributed by atoms with Gasteiger partial charge in [-0.25, -0.2) is 0 Å². The van der Waals surface area contributed by atoms with Gasteiger partial charge in [-0.1, -0.05) is 0 Å². The number of aliphatic imine (C=N–C) groups is 1. The molecule has 31 heavy (non-hydrogen) atoms. The number of rotatable bonds is 9. The number of piperidine rings is 1. The summed E-state index contributed by atoms with van der Waals surface area (Å²) in [5.41, 5.74) is 2.26. The molecule has 0 saturated carbocycles. The van der Waals surface area contributed by atoms with Gasteiger partial charge < -0.3 is 20.4 Å². The Kier molecular flexibility index (Phi) is 11.4. The Labute approximate surface area is 206 Å². The second-order valence-electron chi connectivity index (χ2n) is 7.63. The molecule has 3 N–H and O–H groups in total. The van der Waals surface area contributed by atoms with E-state index in [0.717, 1.165) is 57.0 Å². The lowest BCUT2D eigenvalue weighted by atomic mass is 10.0. The van der Waals surface area contributed by atoms with Crippen LogP contribution in [0.1, 0.15) is 47.9 Å². The van der Waals surface area contributed by atoms with Crippen LogP contribution >= 0.6 is 35.3 Å². The molecule has 1 saturated heterocycles. The zero-order valence-corrected chi connectivity index (χ0v) is 21.5. The van der Waals surface area contributed by atoms with Crippen LogP contribution in [0.15, 0.2) is 38.6 Å². The zero-order valence-electron chi connectivity index (χ0n) is 18.4. The maximum atomic E-state index is 12.0. The predicted octanol–water partition coefficient (Wildman–Crippen LogP) is 3.61. The third kappa shape index (κ3) is 8.46. The number of amides is 1. The summed E-state index contributed by atoms with van der Waals surface area (Å²) in [6.45, 7) is 9.25. The lowest BCUT2D eigenvalue weighted by Gasteiger charge is -2.33. The molecule has 2 aromatic heterocycles. The van der Waals surface area contributed by atoms with Crippen molar-refractivity contribution in [3.8, 4) is 0 Å². The number of nitrogens with one attached hydrogen (secondary N) is 3. The largest absolute Gasteiger partial charge is 0.459 e. The molecule has 1 aliphatic heterocycles. The minimum absolute atomic E-state index is 0. The third-order valence-electron chi connectivity index (χ3n) is 5.22. The molecule has 0 atom stereocenters. The first-order valence-electron chi connectivity index (χ1n) is 10.8. The van der Waals surface area contributed by atoms with Gasteiger partial charge >= 0.3 is 0 Å². The number of carbonyl (C=O) groups is 1. The Balaban J connectivity index is 0.00000341. The molecule has 0 spiro atoms. The van der Waals surface area contributed by atoms with E-state index in [1.165, 1.54) is 11.8 Å². The highest BCUT2D eigenvalue weighted by Crippen LogP contribution is 2.15. The van der Waals surface area contributed by atoms with Crippen molar-refractivity contribution >= 4 is 47.2 Å². The summed E-state index contributed by atoms with van der Waals surface area (Å²) in [5, 5.41) is 14.2. The minimum Gasteiger partial charge on any atom is -0.459 e. The van der Waals surface area contributed by atoms with Crippen molar-refractivity contribution in [2.45, 2.75) is 45.7 Å². The fraction of sp³-hybridized carbons (Fsp3) is 0.545. The summed E-state index contributed by atoms with van der Waals surface area (Å²) in [4.78, 5) is 19.2. The molecule has 0 aliphatic carbocycles. The molecule has 172 valence electrons. The Hall–Kier alpha value is -1.59. The van der Waals surface area contributed by atoms with Gasteiger partial charge in [-0.3, -0.25) is 14.7 Å². The number of nitrogens with zero attached hydrogens (tertiary/aromatic N) is 2. The van der Waals surface area contributed by atoms with E-state index in [-0.39, 0.29) is 29.9 Å². The van der Waals surface area contributed by atoms with Crippen LogP contribution in [-0.4, -0.2) is 55.5 Å². The van der Waals surface area contributed by atoms with Crippen LogP contribution in [0.4, 0.5) is 0 Å². The first kappa shape index (κ1) is 25.7. The number of furan rings is 1. The number of hydrogen-bond acceptors (Lipinski definition) is 5. The Morgan fingerprint density at radius 1 is 1.29 bits per heavy atom. The lowest BCUT2D eigenvalue weighted by Crippen LogP contribution is -2.48. The van der Waals surface area contributed by atoms with Crippen molar-refractivity contribution in [3.05, 3.63) is 46.0 Å². The topological polar surface area (TPSA) is 81.9 Å². The summed E-state index contributed by atoms with van der Waals surface area (Å²) in [6.07, 6.45) is 4.55. The van der Waals surface area contributed by atoms with Crippen molar-refractivity contribution in [2.75, 3.05) is 32.7 Å². The van der Waals surface area contributed by atoms with Gasteiger partial charge in [0.1, 0.15) is 0 Å². The van der Waals surface area contributed by atoms with E-state index in [0.29, 0.717) is 24.9 Å². The maximum Gasteiger partial charge on any atom is 0.287 e. The normalized spacial score (nSPS) is 15.4. The number of guanidine groups is 1. The van der Waals surface area contributed by atoms with E-state index in [1.54, 1.807) is 17.4 Å². The van der Waals surface area contributed by atoms with E-state index < -0.39 is 0 Å². The molecule has 0 radical (unpaired) electrons. The Morgan fingerprint density at radius 2 is 2.10 bits per heavy atom. The van der Waals surface area contributed by atoms with Crippen LogP contribution < -0.4 is 16.0 Å². The number of hydrogen-bond donors (Lipinski definition) is 3. The van der Waals surface area contributed by atoms with E-state index in [1.807, 2.05) is 6.92 Å². The lowest BCUT2D eigenvalue weighted by molar-refractivity contribution is 0.0925. The number of carbonyl (C=O) groups excluding carboxylic acids is 1. The van der Waals surface area contributed by atoms with E-state index in [2.05, 4.69) is 49.6 Å². The quantitative estimate of drug-likeness (QED) is 0.189. The molecule has 1 amide bonds. The van der Waals surface area contributed by atoms with Crippen LogP contribution in [0.2, 0.25) is 0 Å². The smallest absolute Gasteiger partial charge is 0.287 e. The fourth-order valence-electron chi connectivity index (χ4n) is 3.55. The van der Waals surface area contributed by atoms with Gasteiger partial charge in [0.2, 0.25) is 0 Å². The van der Waals surface area contributed by atoms with Crippen LogP contribution in [0.5, 0.6) is 0 Å². The van der Waals surface area contributed by atoms with Gasteiger partial charge in [-0.2, -0.15) is 11.3 Å². The minimum atomic E-state index is -0.166. The molecule has 1 aliphatic rings. The average molecular weight is 560 g/mol. The van der Waals surface area contributed by atoms with E-state index in [4.69, 9.17) is 4.42 Å². The highest BCUT2D eigenvalue weighted by molar-refractivity contribution is 14.0. The molecule has 0 unspecified atom stereocenters. The highest BCUT2D eigenvalue weighted by atomic mass is 127. The summed E-state index contributed by atoms with van der Waals surface area (Å²) >= 11 is 1.76. The first-order valence-corrected chi connectivity index (χ1v) is 11.7. The monoisotopic (exact) mass is 559 g/mol. The zero-order chi connectivity index (χ0) is 21.2. The van der Waals surface area contributed by atoms with Crippen LogP contribution in [-0.2, 0) is 6.54 Å². The highest BCUT2D eigenvalue weighted by Gasteiger charge is 2.20. The predicted molar refractivity (Wildman–Crippen MR) is 138 cm³/mol. The summed E-state index contributed by atoms with van der Waals surface area (Å²) in [5.74, 6) is 1.08. The summed E-state index contributed by atoms with van der Waals surface area (Å²) in [6, 6.07) is 4.45. The van der Waals surface area contributed by atoms with E-state index >= 15 is 0 Å². The third-order valence-corrected chi connectivity index (χ3v) is 5.95. The van der Waals surface area contributed by atoms with Crippen molar-refractivity contribution in [3.63, 3.8) is 0 Å². The molecule has 3 rings (SSSR count). The molecule has 3 heterocycles. The van der Waals surface area contributed by atoms with Crippen LogP contribution in [0, 0.1) is 6.92 Å². The van der Waals surface area contributed by atoms with Crippen molar-refractivity contribution in [1.82, 2.24) is 20.9 Å². The SMILES string of the molecule is CCNC(=NCCCNC(=O)c1occc1C)NC1CCN(Cc2ccsc2)CC1.I. The van der Waals surface area contributed by atoms with Gasteiger partial charge in [0.25, 0.3) is 5.91 Å². The average Bonchev–Trinajstić information content (AvgIpc) is 3.41. The molecular formula is C22H34IN5O2S. The summed E-state index contributed by atoms with van der Waals surface area (Å²) in [7, 11) is 0. The van der Waals surface area contributed by atoms with Crippen LogP contribution in [0.3, 0.4) is 0 Å². The molecule has 2 aromatic rings. The molecule has 1 fully saturated rings. The molecule has 9 heteroatoms. The standard InChI is InChI=1S/C22H33N5O2S.HI/c1-3-23-22(25-10-4-9-24-21(28)20-17(2)7-13-29-20)26-19-5-11-27(12-6-19)15-18-8-14-30-16-18;/h7-8,13-14,16,19H,3-6,9-12,15H2,1-2H3,(H,24,28)(H2,23,25,26);1H. The van der Waals surface area contributed by atoms with Gasteiger partial charge in [0.15, 0.2) is 11.7 Å². The second-order valence-corrected chi connectivity index (χ2v) is 8.41. The van der Waals surface area contributed by atoms with E-state index in [9.17, 15) is 4.79 Å². The molecule has 7 nitrogen and oxygen atoms in total. The first-order chi connectivity index (χ1) is 14.7. The Bertz CT molecular complexity index is 801. The molecule has 0 bridgehead atoms. The number of likely N-dealkylation sites (tertiary alicyclic amines) is 1. The van der Waals surface area contributed by atoms with Crippen molar-refractivity contribution in [2.24, 2.45) is 4.99 Å². The fourth-order valence-corrected chi connectivity index (χ4v) is 4.21. The van der Waals surface area contributed by atoms with Gasteiger partial charge in [-0.15, -0.1) is 24.0 Å². The van der Waals surface area contributed by atoms with Gasteiger partial charge in [0, 0.05) is 50.9 Å².